The third-order valence-corrected chi connectivity index (χ3v) is 9.57. The number of anilines is 2. The molecule has 0 aliphatic carbocycles. The Morgan fingerprint density at radius 1 is 0.980 bits per heavy atom. The number of fused-ring (bicyclic) bond motifs is 2. The fraction of sp³-hybridized carbons (Fsp3) is 0.455. The van der Waals surface area contributed by atoms with Gasteiger partial charge in [0.1, 0.15) is 23.8 Å². The highest BCUT2D eigenvalue weighted by atomic mass is 32.3. The van der Waals surface area contributed by atoms with Crippen molar-refractivity contribution in [3.05, 3.63) is 71.2 Å². The zero-order valence-corrected chi connectivity index (χ0v) is 28.7. The predicted octanol–water partition coefficient (Wildman–Crippen LogP) is 5.28. The maximum absolute atomic E-state index is 15.2. The molecular weight excluding hydrogens is 664 g/mol. The predicted molar refractivity (Wildman–Crippen MR) is 182 cm³/mol. The van der Waals surface area contributed by atoms with E-state index in [-0.39, 0.29) is 36.5 Å². The van der Waals surface area contributed by atoms with Gasteiger partial charge in [0.15, 0.2) is 17.3 Å². The largest absolute Gasteiger partial charge is 0.497 e. The van der Waals surface area contributed by atoms with Crippen LogP contribution in [0.4, 0.5) is 29.5 Å². The van der Waals surface area contributed by atoms with Crippen molar-refractivity contribution in [2.75, 3.05) is 74.3 Å². The lowest BCUT2D eigenvalue weighted by Crippen LogP contribution is -2.38. The molecule has 0 radical (unpaired) electrons. The molecular formula is C33H40F4N8O3S. The summed E-state index contributed by atoms with van der Waals surface area (Å²) in [6, 6.07) is 10.0. The van der Waals surface area contributed by atoms with Crippen LogP contribution in [0.5, 0.6) is 5.75 Å². The van der Waals surface area contributed by atoms with Crippen LogP contribution in [-0.2, 0) is 35.7 Å². The number of rotatable bonds is 14. The third kappa shape index (κ3) is 8.02. The molecule has 0 spiro atoms. The Hall–Kier alpha value is -4.15. The molecule has 1 fully saturated rings. The second-order valence-electron chi connectivity index (χ2n) is 12.6. The van der Waals surface area contributed by atoms with Gasteiger partial charge in [-0.1, -0.05) is 12.1 Å². The van der Waals surface area contributed by atoms with Crippen LogP contribution in [0.3, 0.4) is 0 Å². The van der Waals surface area contributed by atoms with E-state index >= 15 is 4.39 Å². The molecule has 264 valence electrons. The maximum Gasteiger partial charge on any atom is 0.242 e. The Balaban J connectivity index is 1.47. The van der Waals surface area contributed by atoms with E-state index in [1.165, 1.54) is 16.8 Å². The second kappa shape index (κ2) is 14.8. The zero-order valence-electron chi connectivity index (χ0n) is 27.9. The number of methoxy groups -OCH3 is 1. The molecule has 4 heterocycles. The van der Waals surface area contributed by atoms with Crippen molar-refractivity contribution in [3.8, 4) is 5.75 Å². The number of alkyl halides is 2. The first kappa shape index (κ1) is 34.7. The average molecular weight is 705 g/mol. The summed E-state index contributed by atoms with van der Waals surface area (Å²) in [6.07, 6.45) is 4.82. The van der Waals surface area contributed by atoms with Gasteiger partial charge < -0.3 is 28.6 Å². The summed E-state index contributed by atoms with van der Waals surface area (Å²) in [5, 5.41) is 4.46. The molecule has 11 nitrogen and oxygen atoms in total. The van der Waals surface area contributed by atoms with Gasteiger partial charge in [-0.3, -0.25) is 0 Å². The van der Waals surface area contributed by atoms with Crippen molar-refractivity contribution in [3.63, 3.8) is 0 Å². The molecule has 0 unspecified atom stereocenters. The van der Waals surface area contributed by atoms with Crippen molar-refractivity contribution in [1.82, 2.24) is 29.1 Å². The number of morpholine rings is 1. The van der Waals surface area contributed by atoms with Crippen LogP contribution in [0.1, 0.15) is 17.0 Å². The van der Waals surface area contributed by atoms with Crippen LogP contribution in [0.2, 0.25) is 0 Å². The minimum absolute atomic E-state index is 0.0500. The molecule has 0 atom stereocenters. The summed E-state index contributed by atoms with van der Waals surface area (Å²) < 4.78 is 77.1. The SMILES string of the molecule is COc1ccc(CN(Cc2nc3c(F)c(F)ccc3n2COCCS(C)(C)C)c2nc(N3CCOCC3)nc3c(CC(F)F)cnn23)cc1. The Bertz CT molecular complexity index is 1890. The number of imidazole rings is 1. The van der Waals surface area contributed by atoms with Crippen molar-refractivity contribution in [2.45, 2.75) is 32.7 Å². The van der Waals surface area contributed by atoms with E-state index in [2.05, 4.69) is 33.8 Å². The summed E-state index contributed by atoms with van der Waals surface area (Å²) in [7, 11) is 0.757. The van der Waals surface area contributed by atoms with Crippen molar-refractivity contribution < 1.29 is 31.8 Å². The molecule has 1 aliphatic heterocycles. The lowest BCUT2D eigenvalue weighted by atomic mass is 10.2. The lowest BCUT2D eigenvalue weighted by molar-refractivity contribution is 0.0903. The Labute approximate surface area is 283 Å². The Kier molecular flexibility index (Phi) is 10.5. The number of hydrogen-bond donors (Lipinski definition) is 0. The first-order valence-electron chi connectivity index (χ1n) is 15.8. The van der Waals surface area contributed by atoms with Crippen LogP contribution in [-0.4, -0.2) is 100 Å². The lowest BCUT2D eigenvalue weighted by Gasteiger charge is -2.29. The fourth-order valence-electron chi connectivity index (χ4n) is 5.55. The van der Waals surface area contributed by atoms with Crippen LogP contribution in [0.15, 0.2) is 42.6 Å². The monoisotopic (exact) mass is 704 g/mol. The van der Waals surface area contributed by atoms with Gasteiger partial charge in [-0.05, 0) is 48.6 Å². The minimum Gasteiger partial charge on any atom is -0.497 e. The summed E-state index contributed by atoms with van der Waals surface area (Å²) >= 11 is 0. The van der Waals surface area contributed by atoms with Gasteiger partial charge >= 0.3 is 0 Å². The first-order valence-corrected chi connectivity index (χ1v) is 18.8. The zero-order chi connectivity index (χ0) is 34.7. The molecule has 1 saturated heterocycles. The van der Waals surface area contributed by atoms with Gasteiger partial charge in [0.05, 0.1) is 45.2 Å². The van der Waals surface area contributed by atoms with Gasteiger partial charge in [0.2, 0.25) is 18.3 Å². The molecule has 1 aliphatic rings. The number of aromatic nitrogens is 6. The Morgan fingerprint density at radius 2 is 1.73 bits per heavy atom. The standard InChI is InChI=1S/C33H40F4N8O3S/c1-46-24-7-5-22(6-8-24)19-43(20-28-39-30-26(10-9-25(34)29(30)37)44(28)21-48-15-16-49(2,3)4)33-41-32(42-11-13-47-14-12-42)40-31-23(17-27(35)36)18-38-45(31)33/h5-10,18,27H,11-17,19-21H2,1-4H3. The molecule has 0 N–H and O–H groups in total. The van der Waals surface area contributed by atoms with Crippen LogP contribution < -0.4 is 14.5 Å². The molecule has 0 amide bonds. The smallest absolute Gasteiger partial charge is 0.242 e. The van der Waals surface area contributed by atoms with E-state index in [4.69, 9.17) is 19.2 Å². The summed E-state index contributed by atoms with van der Waals surface area (Å²) in [5.41, 5.74) is 1.65. The van der Waals surface area contributed by atoms with E-state index in [9.17, 15) is 13.2 Å². The highest BCUT2D eigenvalue weighted by Gasteiger charge is 2.26. The average Bonchev–Trinajstić information content (AvgIpc) is 3.65. The molecule has 2 aromatic carbocycles. The van der Waals surface area contributed by atoms with Crippen LogP contribution >= 0.6 is 10.0 Å². The van der Waals surface area contributed by atoms with Crippen molar-refractivity contribution in [1.29, 1.82) is 0 Å². The van der Waals surface area contributed by atoms with Crippen molar-refractivity contribution >= 4 is 38.6 Å². The normalized spacial score (nSPS) is 14.3. The second-order valence-corrected chi connectivity index (χ2v) is 17.2. The van der Waals surface area contributed by atoms with E-state index < -0.39 is 34.5 Å². The van der Waals surface area contributed by atoms with E-state index in [1.807, 2.05) is 34.1 Å². The first-order chi connectivity index (χ1) is 23.5. The molecule has 6 rings (SSSR count). The number of hydrogen-bond acceptors (Lipinski definition) is 9. The van der Waals surface area contributed by atoms with Gasteiger partial charge in [0, 0.05) is 37.4 Å². The quantitative estimate of drug-likeness (QED) is 0.113. The molecule has 49 heavy (non-hydrogen) atoms. The highest BCUT2D eigenvalue weighted by molar-refractivity contribution is 8.32. The molecule has 0 bridgehead atoms. The molecule has 0 saturated carbocycles. The van der Waals surface area contributed by atoms with Gasteiger partial charge in [-0.2, -0.15) is 19.6 Å². The van der Waals surface area contributed by atoms with Crippen LogP contribution in [0, 0.1) is 11.6 Å². The van der Waals surface area contributed by atoms with Gasteiger partial charge in [-0.15, -0.1) is 0 Å². The topological polar surface area (TPSA) is 95.1 Å². The summed E-state index contributed by atoms with van der Waals surface area (Å²) in [6.45, 7) is 2.80. The van der Waals surface area contributed by atoms with Gasteiger partial charge in [-0.25, -0.2) is 32.6 Å². The number of halogens is 4. The third-order valence-electron chi connectivity index (χ3n) is 8.18. The number of benzene rings is 2. The fourth-order valence-corrected chi connectivity index (χ4v) is 6.17. The maximum atomic E-state index is 15.2. The van der Waals surface area contributed by atoms with Crippen molar-refractivity contribution in [2.24, 2.45) is 0 Å². The van der Waals surface area contributed by atoms with E-state index in [0.29, 0.717) is 61.9 Å². The summed E-state index contributed by atoms with van der Waals surface area (Å²) in [5.74, 6) is 0.516. The molecule has 3 aromatic heterocycles. The van der Waals surface area contributed by atoms with E-state index in [1.54, 1.807) is 11.7 Å². The number of ether oxygens (including phenoxy) is 3. The van der Waals surface area contributed by atoms with E-state index in [0.717, 1.165) is 17.4 Å². The van der Waals surface area contributed by atoms with Crippen LogP contribution in [0.25, 0.3) is 16.7 Å². The Morgan fingerprint density at radius 3 is 2.43 bits per heavy atom. The molecule has 5 aromatic rings. The highest BCUT2D eigenvalue weighted by Crippen LogP contribution is 2.34. The molecule has 16 heteroatoms. The summed E-state index contributed by atoms with van der Waals surface area (Å²) in [4.78, 5) is 18.0. The minimum atomic E-state index is -2.61. The van der Waals surface area contributed by atoms with Gasteiger partial charge in [0.25, 0.3) is 0 Å². The number of nitrogens with zero attached hydrogens (tertiary/aromatic N) is 8.